The van der Waals surface area contributed by atoms with Crippen LogP contribution in [0.2, 0.25) is 0 Å². The topological polar surface area (TPSA) is 18.5 Å². The van der Waals surface area contributed by atoms with Crippen molar-refractivity contribution in [3.8, 4) is 0 Å². The fourth-order valence-electron chi connectivity index (χ4n) is 0.487. The monoisotopic (exact) mass is 440 g/mol. The summed E-state index contributed by atoms with van der Waals surface area (Å²) in [6.45, 7) is 1.38. The molecule has 0 heterocycles. The van der Waals surface area contributed by atoms with Crippen LogP contribution in [0, 0.1) is 0 Å². The van der Waals surface area contributed by atoms with Gasteiger partial charge in [-0.25, -0.2) is 12.1 Å². The molecule has 0 bridgehead atoms. The van der Waals surface area contributed by atoms with Crippen LogP contribution >= 0.6 is 0 Å². The Hall–Kier alpha value is 1.01. The smallest absolute Gasteiger partial charge is 1.00 e. The van der Waals surface area contributed by atoms with E-state index in [-0.39, 0.29) is 63.1 Å². The van der Waals surface area contributed by atoms with Crippen LogP contribution in [-0.4, -0.2) is 27.4 Å². The van der Waals surface area contributed by atoms with Gasteiger partial charge in [0, 0.05) is 14.2 Å². The van der Waals surface area contributed by atoms with Gasteiger partial charge in [-0.2, -0.15) is 18.2 Å². The van der Waals surface area contributed by atoms with Gasteiger partial charge >= 0.3 is 25.8 Å². The van der Waals surface area contributed by atoms with Crippen molar-refractivity contribution in [1.82, 2.24) is 0 Å². The first-order valence-corrected chi connectivity index (χ1v) is 3.56. The molecular weight excluding hydrogens is 425 g/mol. The zero-order valence-electron chi connectivity index (χ0n) is 8.75. The maximum absolute atomic E-state index is 4.66. The predicted molar refractivity (Wildman–Crippen MR) is 45.8 cm³/mol. The van der Waals surface area contributed by atoms with Crippen molar-refractivity contribution >= 4 is 0 Å². The summed E-state index contributed by atoms with van der Waals surface area (Å²) in [7, 11) is 3.30. The van der Waals surface area contributed by atoms with Gasteiger partial charge in [0.25, 0.3) is 0 Å². The molecule has 0 radical (unpaired) electrons. The van der Waals surface area contributed by atoms with E-state index in [0.717, 1.165) is 0 Å². The molecule has 88 valence electrons. The number of hydrogen-bond donors (Lipinski definition) is 0. The molecule has 15 heavy (non-hydrogen) atoms. The number of rotatable bonds is 3. The minimum Gasteiger partial charge on any atom is -1.00 e. The Morgan fingerprint density at radius 2 is 1.20 bits per heavy atom. The molecule has 0 aliphatic rings. The average Bonchev–Trinajstić information content (AvgIpc) is 2.57. The summed E-state index contributed by atoms with van der Waals surface area (Å²) in [4.78, 5) is 0. The maximum Gasteiger partial charge on any atom is 4.00 e. The Morgan fingerprint density at radius 1 is 0.867 bits per heavy atom. The quantitative estimate of drug-likeness (QED) is 0.265. The molecule has 0 saturated carbocycles. The van der Waals surface area contributed by atoms with E-state index in [0.29, 0.717) is 13.2 Å². The molecular formula is C9H15Cl3HfO2. The molecule has 1 aromatic rings. The van der Waals surface area contributed by atoms with Crippen LogP contribution in [0.1, 0.15) is 0 Å². The summed E-state index contributed by atoms with van der Waals surface area (Å²) >= 11 is 0. The van der Waals surface area contributed by atoms with Gasteiger partial charge in [0.2, 0.25) is 0 Å². The van der Waals surface area contributed by atoms with Crippen LogP contribution in [0.15, 0.2) is 30.3 Å². The third-order valence-electron chi connectivity index (χ3n) is 1.05. The molecule has 6 heteroatoms. The van der Waals surface area contributed by atoms with E-state index >= 15 is 0 Å². The molecule has 0 aromatic heterocycles. The minimum atomic E-state index is 0. The molecule has 1 rings (SSSR count). The Kier molecular flexibility index (Phi) is 58.3. The molecule has 0 atom stereocenters. The summed E-state index contributed by atoms with van der Waals surface area (Å²) in [5, 5.41) is 0. The second kappa shape index (κ2) is 29.4. The van der Waals surface area contributed by atoms with Gasteiger partial charge in [0.1, 0.15) is 0 Å². The average molecular weight is 440 g/mol. The van der Waals surface area contributed by atoms with Crippen molar-refractivity contribution in [3.63, 3.8) is 0 Å². The SMILES string of the molecule is COCCOC.[Cl-].[Cl-].[Cl-].[Hf+4].c1cc[cH-]c1. The first kappa shape index (κ1) is 29.8. The van der Waals surface area contributed by atoms with Gasteiger partial charge in [0.15, 0.2) is 0 Å². The molecule has 0 aliphatic carbocycles. The molecule has 0 spiro atoms. The van der Waals surface area contributed by atoms with Crippen LogP contribution < -0.4 is 37.2 Å². The van der Waals surface area contributed by atoms with Gasteiger partial charge < -0.3 is 46.7 Å². The van der Waals surface area contributed by atoms with E-state index in [2.05, 4.69) is 9.47 Å². The molecule has 0 saturated heterocycles. The Bertz CT molecular complexity index is 119. The summed E-state index contributed by atoms with van der Waals surface area (Å²) < 4.78 is 9.31. The largest absolute Gasteiger partial charge is 4.00 e. The first-order valence-electron chi connectivity index (χ1n) is 3.56. The number of halogens is 3. The standard InChI is InChI=1S/C5H5.C4H10O2.3ClH.Hf/c1-2-4-5-3-1;1-5-3-4-6-2;;;;/h1-5H;3-4H2,1-2H3;3*1H;/q-1;;;;;+4/p-3. The molecule has 2 nitrogen and oxygen atoms in total. The van der Waals surface area contributed by atoms with Gasteiger partial charge in [-0.3, -0.25) is 0 Å². The molecule has 0 amide bonds. The number of ether oxygens (including phenoxy) is 2. The van der Waals surface area contributed by atoms with Crippen LogP contribution in [-0.2, 0) is 35.3 Å². The van der Waals surface area contributed by atoms with Crippen LogP contribution in [0.4, 0.5) is 0 Å². The van der Waals surface area contributed by atoms with E-state index in [1.165, 1.54) is 0 Å². The third-order valence-corrected chi connectivity index (χ3v) is 1.05. The predicted octanol–water partition coefficient (Wildman–Crippen LogP) is -7.31. The minimum absolute atomic E-state index is 0. The van der Waals surface area contributed by atoms with E-state index < -0.39 is 0 Å². The number of hydrogen-bond acceptors (Lipinski definition) is 2. The van der Waals surface area contributed by atoms with E-state index in [4.69, 9.17) is 0 Å². The van der Waals surface area contributed by atoms with Gasteiger partial charge in [-0.15, -0.1) is 0 Å². The first-order chi connectivity index (χ1) is 5.41. The summed E-state index contributed by atoms with van der Waals surface area (Å²) in [6, 6.07) is 10.0. The molecule has 0 N–H and O–H groups in total. The van der Waals surface area contributed by atoms with Crippen molar-refractivity contribution in [2.24, 2.45) is 0 Å². The Morgan fingerprint density at radius 3 is 1.33 bits per heavy atom. The van der Waals surface area contributed by atoms with Crippen molar-refractivity contribution in [2.45, 2.75) is 0 Å². The normalized spacial score (nSPS) is 6.27. The zero-order chi connectivity index (χ0) is 8.36. The number of methoxy groups -OCH3 is 2. The molecule has 0 unspecified atom stereocenters. The van der Waals surface area contributed by atoms with Gasteiger partial charge in [-0.1, -0.05) is 0 Å². The second-order valence-electron chi connectivity index (χ2n) is 1.95. The van der Waals surface area contributed by atoms with E-state index in [1.54, 1.807) is 14.2 Å². The molecule has 1 aromatic carbocycles. The maximum atomic E-state index is 4.66. The molecule has 0 fully saturated rings. The van der Waals surface area contributed by atoms with Crippen molar-refractivity contribution < 1.29 is 72.5 Å². The van der Waals surface area contributed by atoms with Gasteiger partial charge in [0.05, 0.1) is 13.2 Å². The van der Waals surface area contributed by atoms with Crippen molar-refractivity contribution in [1.29, 1.82) is 0 Å². The van der Waals surface area contributed by atoms with Crippen LogP contribution in [0.5, 0.6) is 0 Å². The fourth-order valence-corrected chi connectivity index (χ4v) is 0.487. The summed E-state index contributed by atoms with van der Waals surface area (Å²) in [6.07, 6.45) is 0. The second-order valence-corrected chi connectivity index (χ2v) is 1.95. The van der Waals surface area contributed by atoms with Crippen molar-refractivity contribution in [3.05, 3.63) is 30.3 Å². The summed E-state index contributed by atoms with van der Waals surface area (Å²) in [5.41, 5.74) is 0. The Labute approximate surface area is 129 Å². The van der Waals surface area contributed by atoms with E-state index in [9.17, 15) is 0 Å². The van der Waals surface area contributed by atoms with E-state index in [1.807, 2.05) is 30.3 Å². The van der Waals surface area contributed by atoms with Crippen LogP contribution in [0.25, 0.3) is 0 Å². The van der Waals surface area contributed by atoms with Crippen LogP contribution in [0.3, 0.4) is 0 Å². The summed E-state index contributed by atoms with van der Waals surface area (Å²) in [5.74, 6) is 0. The molecule has 0 aliphatic heterocycles. The fraction of sp³-hybridized carbons (Fsp3) is 0.444. The van der Waals surface area contributed by atoms with Gasteiger partial charge in [-0.05, 0) is 0 Å². The Balaban J connectivity index is -0.0000000352. The zero-order valence-corrected chi connectivity index (χ0v) is 14.6. The van der Waals surface area contributed by atoms with Crippen molar-refractivity contribution in [2.75, 3.05) is 27.4 Å². The third kappa shape index (κ3) is 31.3.